The van der Waals surface area contributed by atoms with Gasteiger partial charge in [0.2, 0.25) is 5.91 Å². The molecule has 3 aromatic rings. The lowest BCUT2D eigenvalue weighted by Gasteiger charge is -2.32. The molecule has 8 heteroatoms. The van der Waals surface area contributed by atoms with Gasteiger partial charge in [-0.2, -0.15) is 0 Å². The first-order chi connectivity index (χ1) is 14.5. The Labute approximate surface area is 183 Å². The van der Waals surface area contributed by atoms with E-state index in [1.807, 2.05) is 12.1 Å². The van der Waals surface area contributed by atoms with Crippen molar-refractivity contribution in [3.8, 4) is 11.3 Å². The predicted octanol–water partition coefficient (Wildman–Crippen LogP) is 5.44. The van der Waals surface area contributed by atoms with E-state index in [0.29, 0.717) is 33.8 Å². The molecule has 4 rings (SSSR count). The minimum atomic E-state index is -0.292. The summed E-state index contributed by atoms with van der Waals surface area (Å²) in [5.74, 6) is 0.117. The molecule has 0 bridgehead atoms. The van der Waals surface area contributed by atoms with Crippen LogP contribution in [0.1, 0.15) is 12.8 Å². The Kier molecular flexibility index (Phi) is 6.16. The molecule has 154 valence electrons. The third kappa shape index (κ3) is 4.55. The van der Waals surface area contributed by atoms with Crippen LogP contribution in [0.3, 0.4) is 0 Å². The molecular formula is C22H19Cl2FN4O. The van der Waals surface area contributed by atoms with E-state index in [1.54, 1.807) is 30.3 Å². The Morgan fingerprint density at radius 3 is 2.60 bits per heavy atom. The highest BCUT2D eigenvalue weighted by molar-refractivity contribution is 6.44. The first-order valence-corrected chi connectivity index (χ1v) is 10.4. The largest absolute Gasteiger partial charge is 0.354 e. The molecule has 0 spiro atoms. The highest BCUT2D eigenvalue weighted by Crippen LogP contribution is 2.31. The number of hydrogen-bond donors (Lipinski definition) is 1. The van der Waals surface area contributed by atoms with Gasteiger partial charge in [0.25, 0.3) is 0 Å². The van der Waals surface area contributed by atoms with Gasteiger partial charge < -0.3 is 10.2 Å². The van der Waals surface area contributed by atoms with E-state index in [2.05, 4.69) is 20.4 Å². The maximum Gasteiger partial charge on any atom is 0.229 e. The number of nitrogens with zero attached hydrogens (tertiary/aromatic N) is 3. The van der Waals surface area contributed by atoms with Gasteiger partial charge in [0.1, 0.15) is 5.82 Å². The van der Waals surface area contributed by atoms with Crippen molar-refractivity contribution in [1.82, 2.24) is 10.2 Å². The Morgan fingerprint density at radius 1 is 1.07 bits per heavy atom. The van der Waals surface area contributed by atoms with Gasteiger partial charge >= 0.3 is 0 Å². The summed E-state index contributed by atoms with van der Waals surface area (Å²) in [6.07, 6.45) is 1.64. The number of hydrogen-bond acceptors (Lipinski definition) is 4. The summed E-state index contributed by atoms with van der Waals surface area (Å²) >= 11 is 12.2. The second-order valence-electron chi connectivity index (χ2n) is 7.16. The van der Waals surface area contributed by atoms with E-state index in [1.165, 1.54) is 12.1 Å². The van der Waals surface area contributed by atoms with Crippen LogP contribution < -0.4 is 10.2 Å². The molecule has 0 aliphatic carbocycles. The molecule has 2 heterocycles. The van der Waals surface area contributed by atoms with E-state index < -0.39 is 0 Å². The van der Waals surface area contributed by atoms with E-state index >= 15 is 0 Å². The highest BCUT2D eigenvalue weighted by Gasteiger charge is 2.27. The van der Waals surface area contributed by atoms with Crippen LogP contribution in [0.5, 0.6) is 0 Å². The summed E-state index contributed by atoms with van der Waals surface area (Å²) in [6.45, 7) is 1.33. The number of piperidine rings is 1. The fourth-order valence-electron chi connectivity index (χ4n) is 3.50. The van der Waals surface area contributed by atoms with Crippen molar-refractivity contribution >= 4 is 40.6 Å². The number of nitrogens with one attached hydrogen (secondary N) is 1. The van der Waals surface area contributed by atoms with Crippen molar-refractivity contribution in [2.75, 3.05) is 23.3 Å². The van der Waals surface area contributed by atoms with E-state index in [4.69, 9.17) is 23.2 Å². The number of carbonyl (C=O) groups excluding carboxylic acids is 1. The quantitative estimate of drug-likeness (QED) is 0.581. The van der Waals surface area contributed by atoms with Gasteiger partial charge in [0, 0.05) is 18.7 Å². The number of rotatable bonds is 4. The van der Waals surface area contributed by atoms with Crippen LogP contribution in [0.25, 0.3) is 11.3 Å². The molecule has 30 heavy (non-hydrogen) atoms. The third-order valence-electron chi connectivity index (χ3n) is 5.12. The minimum Gasteiger partial charge on any atom is -0.354 e. The maximum absolute atomic E-state index is 13.1. The van der Waals surface area contributed by atoms with E-state index in [9.17, 15) is 9.18 Å². The standard InChI is InChI=1S/C22H19Cl2FN4O/c23-17-4-1-5-19(21(17)24)26-22(30)15-3-2-12-29(13-15)20-11-10-18(27-28-20)14-6-8-16(25)9-7-14/h1,4-11,15H,2-3,12-13H2,(H,26,30). The Bertz CT molecular complexity index is 1040. The molecule has 0 radical (unpaired) electrons. The van der Waals surface area contributed by atoms with Crippen molar-refractivity contribution in [2.45, 2.75) is 12.8 Å². The SMILES string of the molecule is O=C(Nc1cccc(Cl)c1Cl)C1CCCN(c2ccc(-c3ccc(F)cc3)nn2)C1. The Morgan fingerprint density at radius 2 is 1.87 bits per heavy atom. The van der Waals surface area contributed by atoms with Gasteiger partial charge in [0.15, 0.2) is 5.82 Å². The van der Waals surface area contributed by atoms with Crippen LogP contribution in [0.4, 0.5) is 15.9 Å². The van der Waals surface area contributed by atoms with Gasteiger partial charge in [-0.05, 0) is 61.4 Å². The third-order valence-corrected chi connectivity index (χ3v) is 5.93. The number of aromatic nitrogens is 2. The van der Waals surface area contributed by atoms with E-state index in [0.717, 1.165) is 24.9 Å². The summed E-state index contributed by atoms with van der Waals surface area (Å²) in [4.78, 5) is 14.8. The Hall–Kier alpha value is -2.70. The summed E-state index contributed by atoms with van der Waals surface area (Å²) in [7, 11) is 0. The fraction of sp³-hybridized carbons (Fsp3) is 0.227. The van der Waals surface area contributed by atoms with Crippen molar-refractivity contribution in [3.63, 3.8) is 0 Å². The molecule has 1 unspecified atom stereocenters. The highest BCUT2D eigenvalue weighted by atomic mass is 35.5. The molecule has 5 nitrogen and oxygen atoms in total. The normalized spacial score (nSPS) is 16.4. The predicted molar refractivity (Wildman–Crippen MR) is 117 cm³/mol. The van der Waals surface area contributed by atoms with E-state index in [-0.39, 0.29) is 17.6 Å². The molecule has 1 amide bonds. The minimum absolute atomic E-state index is 0.0974. The zero-order valence-corrected chi connectivity index (χ0v) is 17.5. The van der Waals surface area contributed by atoms with Crippen molar-refractivity contribution in [2.24, 2.45) is 5.92 Å². The number of benzene rings is 2. The zero-order chi connectivity index (χ0) is 21.1. The molecule has 0 saturated carbocycles. The molecule has 1 aliphatic rings. The lowest BCUT2D eigenvalue weighted by atomic mass is 9.97. The first kappa shape index (κ1) is 20.6. The van der Waals surface area contributed by atoms with Crippen molar-refractivity contribution in [3.05, 3.63) is 70.5 Å². The van der Waals surface area contributed by atoms with Crippen LogP contribution in [0, 0.1) is 11.7 Å². The molecule has 1 fully saturated rings. The molecule has 1 aromatic heterocycles. The molecule has 1 N–H and O–H groups in total. The molecule has 1 saturated heterocycles. The maximum atomic E-state index is 13.1. The average molecular weight is 445 g/mol. The molecule has 1 atom stereocenters. The van der Waals surface area contributed by atoms with Crippen molar-refractivity contribution < 1.29 is 9.18 Å². The average Bonchev–Trinajstić information content (AvgIpc) is 2.78. The number of anilines is 2. The number of halogens is 3. The van der Waals surface area contributed by atoms with Crippen LogP contribution in [0.15, 0.2) is 54.6 Å². The Balaban J connectivity index is 1.44. The zero-order valence-electron chi connectivity index (χ0n) is 16.0. The van der Waals surface area contributed by atoms with Crippen LogP contribution >= 0.6 is 23.2 Å². The van der Waals surface area contributed by atoms with Gasteiger partial charge in [-0.3, -0.25) is 4.79 Å². The topological polar surface area (TPSA) is 58.1 Å². The fourth-order valence-corrected chi connectivity index (χ4v) is 3.85. The van der Waals surface area contributed by atoms with Crippen LogP contribution in [-0.4, -0.2) is 29.2 Å². The monoisotopic (exact) mass is 444 g/mol. The summed E-state index contributed by atoms with van der Waals surface area (Å²) in [5.41, 5.74) is 1.97. The first-order valence-electron chi connectivity index (χ1n) is 9.61. The lowest BCUT2D eigenvalue weighted by Crippen LogP contribution is -2.41. The van der Waals surface area contributed by atoms with Gasteiger partial charge in [-0.25, -0.2) is 4.39 Å². The van der Waals surface area contributed by atoms with Gasteiger partial charge in [-0.15, -0.1) is 10.2 Å². The van der Waals surface area contributed by atoms with Gasteiger partial charge in [-0.1, -0.05) is 29.3 Å². The number of carbonyl (C=O) groups is 1. The summed E-state index contributed by atoms with van der Waals surface area (Å²) < 4.78 is 13.1. The van der Waals surface area contributed by atoms with Crippen molar-refractivity contribution in [1.29, 1.82) is 0 Å². The second-order valence-corrected chi connectivity index (χ2v) is 7.94. The van der Waals surface area contributed by atoms with Crippen LogP contribution in [0.2, 0.25) is 10.0 Å². The van der Waals surface area contributed by atoms with Crippen LogP contribution in [-0.2, 0) is 4.79 Å². The molecule has 1 aliphatic heterocycles. The lowest BCUT2D eigenvalue weighted by molar-refractivity contribution is -0.120. The molecular weight excluding hydrogens is 426 g/mol. The smallest absolute Gasteiger partial charge is 0.229 e. The summed E-state index contributed by atoms with van der Waals surface area (Å²) in [6, 6.07) is 15.0. The number of amides is 1. The second kappa shape index (κ2) is 8.98. The molecule has 2 aromatic carbocycles. The summed E-state index contributed by atoms with van der Waals surface area (Å²) in [5, 5.41) is 12.2. The van der Waals surface area contributed by atoms with Gasteiger partial charge in [0.05, 0.1) is 27.3 Å².